The molecule has 5 nitrogen and oxygen atoms in total. The summed E-state index contributed by atoms with van der Waals surface area (Å²) >= 11 is 4.89. The molecule has 0 aliphatic carbocycles. The zero-order chi connectivity index (χ0) is 12.8. The number of hydrogen-bond donors (Lipinski definition) is 2. The second-order valence-electron chi connectivity index (χ2n) is 3.84. The normalized spacial score (nSPS) is 10.2. The van der Waals surface area contributed by atoms with Gasteiger partial charge in [-0.05, 0) is 24.6 Å². The van der Waals surface area contributed by atoms with Crippen molar-refractivity contribution in [2.45, 2.75) is 13.0 Å². The molecule has 0 unspecified atom stereocenters. The zero-order valence-corrected chi connectivity index (χ0v) is 10.7. The van der Waals surface area contributed by atoms with Crippen LogP contribution in [0.4, 0.5) is 5.69 Å². The van der Waals surface area contributed by atoms with Crippen molar-refractivity contribution in [2.24, 2.45) is 5.73 Å². The molecule has 0 fully saturated rings. The summed E-state index contributed by atoms with van der Waals surface area (Å²) in [5, 5.41) is 7.45. The van der Waals surface area contributed by atoms with Crippen LogP contribution in [0.3, 0.4) is 0 Å². The van der Waals surface area contributed by atoms with Gasteiger partial charge in [-0.15, -0.1) is 0 Å². The number of rotatable bonds is 6. The van der Waals surface area contributed by atoms with Gasteiger partial charge < -0.3 is 11.1 Å². The highest BCUT2D eigenvalue weighted by Crippen LogP contribution is 2.07. The van der Waals surface area contributed by atoms with Crippen LogP contribution in [0.2, 0.25) is 0 Å². The lowest BCUT2D eigenvalue weighted by Crippen LogP contribution is -2.12. The number of nitrogens with two attached hydrogens (primary N) is 1. The fourth-order valence-corrected chi connectivity index (χ4v) is 1.69. The van der Waals surface area contributed by atoms with Crippen molar-refractivity contribution in [2.75, 3.05) is 11.9 Å². The number of aryl methyl sites for hydroxylation is 1. The van der Waals surface area contributed by atoms with Gasteiger partial charge in [-0.25, -0.2) is 0 Å². The minimum Gasteiger partial charge on any atom is -0.388 e. The third-order valence-electron chi connectivity index (χ3n) is 2.46. The van der Waals surface area contributed by atoms with E-state index in [0.717, 1.165) is 25.2 Å². The SMILES string of the molecule is NC(=S)c1cc(NCCCn2cccn2)ccn1. The van der Waals surface area contributed by atoms with E-state index in [1.54, 1.807) is 12.4 Å². The van der Waals surface area contributed by atoms with Crippen molar-refractivity contribution in [3.8, 4) is 0 Å². The number of anilines is 1. The summed E-state index contributed by atoms with van der Waals surface area (Å²) in [4.78, 5) is 4.40. The van der Waals surface area contributed by atoms with Gasteiger partial charge in [-0.3, -0.25) is 9.67 Å². The van der Waals surface area contributed by atoms with Gasteiger partial charge >= 0.3 is 0 Å². The molecule has 0 aliphatic heterocycles. The molecule has 3 N–H and O–H groups in total. The quantitative estimate of drug-likeness (QED) is 0.608. The Morgan fingerprint density at radius 2 is 2.33 bits per heavy atom. The lowest BCUT2D eigenvalue weighted by atomic mass is 10.3. The maximum Gasteiger partial charge on any atom is 0.122 e. The molecule has 2 rings (SSSR count). The number of nitrogens with one attached hydrogen (secondary N) is 1. The van der Waals surface area contributed by atoms with E-state index >= 15 is 0 Å². The second-order valence-corrected chi connectivity index (χ2v) is 4.28. The van der Waals surface area contributed by atoms with Gasteiger partial charge in [-0.1, -0.05) is 12.2 Å². The Labute approximate surface area is 111 Å². The molecule has 0 radical (unpaired) electrons. The van der Waals surface area contributed by atoms with Gasteiger partial charge in [0, 0.05) is 37.4 Å². The summed E-state index contributed by atoms with van der Waals surface area (Å²) < 4.78 is 1.91. The molecule has 0 bridgehead atoms. The highest BCUT2D eigenvalue weighted by molar-refractivity contribution is 7.80. The van der Waals surface area contributed by atoms with Crippen LogP contribution in [-0.4, -0.2) is 26.3 Å². The molecular weight excluding hydrogens is 246 g/mol. The molecular formula is C12H15N5S. The summed E-state index contributed by atoms with van der Waals surface area (Å²) in [5.74, 6) is 0. The van der Waals surface area contributed by atoms with E-state index in [9.17, 15) is 0 Å². The third-order valence-corrected chi connectivity index (χ3v) is 2.67. The maximum atomic E-state index is 5.53. The van der Waals surface area contributed by atoms with E-state index in [4.69, 9.17) is 18.0 Å². The van der Waals surface area contributed by atoms with Crippen LogP contribution in [-0.2, 0) is 6.54 Å². The fourth-order valence-electron chi connectivity index (χ4n) is 1.58. The summed E-state index contributed by atoms with van der Waals surface area (Å²) in [6, 6.07) is 5.68. The van der Waals surface area contributed by atoms with Gasteiger partial charge in [0.15, 0.2) is 0 Å². The van der Waals surface area contributed by atoms with Crippen LogP contribution in [0.1, 0.15) is 12.1 Å². The minimum atomic E-state index is 0.315. The lowest BCUT2D eigenvalue weighted by Gasteiger charge is -2.07. The van der Waals surface area contributed by atoms with Gasteiger partial charge in [-0.2, -0.15) is 5.10 Å². The van der Waals surface area contributed by atoms with Crippen molar-refractivity contribution < 1.29 is 0 Å². The first kappa shape index (κ1) is 12.5. The molecule has 94 valence electrons. The Morgan fingerprint density at radius 1 is 1.44 bits per heavy atom. The highest BCUT2D eigenvalue weighted by Gasteiger charge is 1.99. The van der Waals surface area contributed by atoms with Crippen molar-refractivity contribution in [3.05, 3.63) is 42.5 Å². The molecule has 0 spiro atoms. The fraction of sp³-hybridized carbons (Fsp3) is 0.250. The molecule has 0 atom stereocenters. The summed E-state index contributed by atoms with van der Waals surface area (Å²) in [5.41, 5.74) is 7.15. The largest absolute Gasteiger partial charge is 0.388 e. The van der Waals surface area contributed by atoms with Crippen molar-refractivity contribution >= 4 is 22.9 Å². The van der Waals surface area contributed by atoms with Crippen LogP contribution in [0.15, 0.2) is 36.8 Å². The van der Waals surface area contributed by atoms with Crippen molar-refractivity contribution in [1.82, 2.24) is 14.8 Å². The molecule has 0 aromatic carbocycles. The molecule has 6 heteroatoms. The number of hydrogen-bond acceptors (Lipinski definition) is 4. The molecule has 0 saturated heterocycles. The first-order valence-corrected chi connectivity index (χ1v) is 6.14. The predicted molar refractivity (Wildman–Crippen MR) is 75.5 cm³/mol. The average Bonchev–Trinajstić information content (AvgIpc) is 2.88. The van der Waals surface area contributed by atoms with Crippen LogP contribution >= 0.6 is 12.2 Å². The smallest absolute Gasteiger partial charge is 0.122 e. The van der Waals surface area contributed by atoms with Gasteiger partial charge in [0.2, 0.25) is 0 Å². The van der Waals surface area contributed by atoms with Crippen LogP contribution in [0.5, 0.6) is 0 Å². The van der Waals surface area contributed by atoms with E-state index in [0.29, 0.717) is 10.7 Å². The summed E-state index contributed by atoms with van der Waals surface area (Å²) in [6.07, 6.45) is 6.43. The first-order chi connectivity index (χ1) is 8.75. The lowest BCUT2D eigenvalue weighted by molar-refractivity contribution is 0.592. The predicted octanol–water partition coefficient (Wildman–Crippen LogP) is 1.41. The monoisotopic (exact) mass is 261 g/mol. The molecule has 18 heavy (non-hydrogen) atoms. The Hall–Kier alpha value is -1.95. The Bertz CT molecular complexity index is 509. The average molecular weight is 261 g/mol. The highest BCUT2D eigenvalue weighted by atomic mass is 32.1. The van der Waals surface area contributed by atoms with Crippen molar-refractivity contribution in [3.63, 3.8) is 0 Å². The van der Waals surface area contributed by atoms with Gasteiger partial charge in [0.05, 0.1) is 5.69 Å². The van der Waals surface area contributed by atoms with Gasteiger partial charge in [0.1, 0.15) is 4.99 Å². The van der Waals surface area contributed by atoms with E-state index in [1.165, 1.54) is 0 Å². The molecule has 0 aliphatic rings. The van der Waals surface area contributed by atoms with Crippen LogP contribution in [0.25, 0.3) is 0 Å². The van der Waals surface area contributed by atoms with E-state index < -0.39 is 0 Å². The third kappa shape index (κ3) is 3.53. The number of aromatic nitrogens is 3. The molecule has 2 aromatic heterocycles. The Morgan fingerprint density at radius 3 is 3.06 bits per heavy atom. The molecule has 0 saturated carbocycles. The van der Waals surface area contributed by atoms with Crippen LogP contribution in [0, 0.1) is 0 Å². The molecule has 2 heterocycles. The van der Waals surface area contributed by atoms with Crippen LogP contribution < -0.4 is 11.1 Å². The van der Waals surface area contributed by atoms with Crippen molar-refractivity contribution in [1.29, 1.82) is 0 Å². The Kier molecular flexibility index (Phi) is 4.25. The maximum absolute atomic E-state index is 5.53. The summed E-state index contributed by atoms with van der Waals surface area (Å²) in [7, 11) is 0. The minimum absolute atomic E-state index is 0.315. The topological polar surface area (TPSA) is 68.8 Å². The van der Waals surface area contributed by atoms with E-state index in [2.05, 4.69) is 15.4 Å². The standard InChI is InChI=1S/C12H15N5S/c13-12(18)11-9-10(3-6-15-11)14-4-1-7-17-8-2-5-16-17/h2-3,5-6,8-9H,1,4,7H2,(H2,13,18)(H,14,15). The summed E-state index contributed by atoms with van der Waals surface area (Å²) in [6.45, 7) is 1.76. The van der Waals surface area contributed by atoms with E-state index in [1.807, 2.05) is 29.1 Å². The first-order valence-electron chi connectivity index (χ1n) is 5.73. The number of pyridine rings is 1. The second kappa shape index (κ2) is 6.11. The number of nitrogens with zero attached hydrogens (tertiary/aromatic N) is 3. The van der Waals surface area contributed by atoms with E-state index in [-0.39, 0.29) is 0 Å². The molecule has 2 aromatic rings. The molecule has 0 amide bonds. The Balaban J connectivity index is 1.79. The van der Waals surface area contributed by atoms with Gasteiger partial charge in [0.25, 0.3) is 0 Å². The zero-order valence-electron chi connectivity index (χ0n) is 9.91. The number of thiocarbonyl (C=S) groups is 1.